The highest BCUT2D eigenvalue weighted by molar-refractivity contribution is 6.02. The molecule has 6 nitrogen and oxygen atoms in total. The van der Waals surface area contributed by atoms with Gasteiger partial charge in [-0.05, 0) is 18.6 Å². The minimum Gasteiger partial charge on any atom is -0.467 e. The lowest BCUT2D eigenvalue weighted by Gasteiger charge is -2.15. The summed E-state index contributed by atoms with van der Waals surface area (Å²) in [6.45, 7) is 2.97. The summed E-state index contributed by atoms with van der Waals surface area (Å²) in [6.07, 6.45) is 6.26. The molecule has 22 heavy (non-hydrogen) atoms. The van der Waals surface area contributed by atoms with E-state index in [2.05, 4.69) is 17.0 Å². The smallest absolute Gasteiger partial charge is 0.189 e. The highest BCUT2D eigenvalue weighted by atomic mass is 16.7. The van der Waals surface area contributed by atoms with Crippen molar-refractivity contribution in [2.75, 3.05) is 27.5 Å². The molecule has 0 saturated carbocycles. The first kappa shape index (κ1) is 16.0. The first-order valence-corrected chi connectivity index (χ1v) is 7.26. The molecular weight excluding hydrogens is 280 g/mol. The molecular formula is C16H22N4O2. The van der Waals surface area contributed by atoms with E-state index in [0.29, 0.717) is 6.61 Å². The molecule has 0 fully saturated rings. The largest absolute Gasteiger partial charge is 0.467 e. The van der Waals surface area contributed by atoms with E-state index in [1.165, 1.54) is 0 Å². The summed E-state index contributed by atoms with van der Waals surface area (Å²) in [5, 5.41) is 6.30. The predicted octanol–water partition coefficient (Wildman–Crippen LogP) is 2.42. The van der Waals surface area contributed by atoms with E-state index >= 15 is 0 Å². The molecule has 1 aromatic carbocycles. The molecule has 0 atom stereocenters. The second kappa shape index (κ2) is 8.19. The minimum absolute atomic E-state index is 0.226. The molecule has 0 spiro atoms. The van der Waals surface area contributed by atoms with Crippen LogP contribution in [0.5, 0.6) is 5.75 Å². The number of hydrazone groups is 1. The fraction of sp³-hybridized carbons (Fsp3) is 0.375. The van der Waals surface area contributed by atoms with Gasteiger partial charge < -0.3 is 14.5 Å². The Labute approximate surface area is 131 Å². The number of imidazole rings is 1. The van der Waals surface area contributed by atoms with Gasteiger partial charge >= 0.3 is 0 Å². The Morgan fingerprint density at radius 1 is 1.32 bits per heavy atom. The van der Waals surface area contributed by atoms with E-state index in [1.807, 2.05) is 49.1 Å². The van der Waals surface area contributed by atoms with Gasteiger partial charge in [0, 0.05) is 26.5 Å². The van der Waals surface area contributed by atoms with E-state index in [4.69, 9.17) is 9.47 Å². The molecule has 2 rings (SSSR count). The van der Waals surface area contributed by atoms with Gasteiger partial charge in [-0.2, -0.15) is 5.10 Å². The normalized spacial score (nSPS) is 11.5. The third-order valence-corrected chi connectivity index (χ3v) is 2.82. The van der Waals surface area contributed by atoms with Crippen LogP contribution in [0.1, 0.15) is 18.9 Å². The summed E-state index contributed by atoms with van der Waals surface area (Å²) >= 11 is 0. The van der Waals surface area contributed by atoms with E-state index in [9.17, 15) is 0 Å². The number of hydrogen-bond donors (Lipinski definition) is 0. The predicted molar refractivity (Wildman–Crippen MR) is 86.0 cm³/mol. The van der Waals surface area contributed by atoms with Crippen LogP contribution in [-0.2, 0) is 4.74 Å². The Hall–Kier alpha value is -2.34. The van der Waals surface area contributed by atoms with Crippen molar-refractivity contribution in [1.29, 1.82) is 0 Å². The second-order valence-corrected chi connectivity index (χ2v) is 4.91. The molecule has 0 aliphatic carbocycles. The summed E-state index contributed by atoms with van der Waals surface area (Å²) < 4.78 is 13.0. The molecule has 1 heterocycles. The first-order valence-electron chi connectivity index (χ1n) is 7.26. The van der Waals surface area contributed by atoms with Crippen LogP contribution in [-0.4, -0.2) is 47.9 Å². The molecule has 0 bridgehead atoms. The molecule has 1 aromatic heterocycles. The Morgan fingerprint density at radius 3 is 2.82 bits per heavy atom. The fourth-order valence-electron chi connectivity index (χ4n) is 1.90. The lowest BCUT2D eigenvalue weighted by molar-refractivity contribution is 0.0156. The second-order valence-electron chi connectivity index (χ2n) is 4.91. The Morgan fingerprint density at radius 2 is 2.14 bits per heavy atom. The van der Waals surface area contributed by atoms with Crippen LogP contribution in [0.3, 0.4) is 0 Å². The highest BCUT2D eigenvalue weighted by Crippen LogP contribution is 2.20. The minimum atomic E-state index is 0.226. The Bertz CT molecular complexity index is 594. The van der Waals surface area contributed by atoms with Gasteiger partial charge in [-0.25, -0.2) is 4.98 Å². The average Bonchev–Trinajstić information content (AvgIpc) is 3.04. The lowest BCUT2D eigenvalue weighted by atomic mass is 10.2. The van der Waals surface area contributed by atoms with Crippen molar-refractivity contribution < 1.29 is 9.47 Å². The first-order chi connectivity index (χ1) is 10.7. The average molecular weight is 302 g/mol. The SMILES string of the molecule is CCCOCOc1ccccc1/C(=N/N(C)C)n1ccnc1. The molecule has 0 unspecified atom stereocenters. The van der Waals surface area contributed by atoms with Gasteiger partial charge in [0.1, 0.15) is 12.1 Å². The molecule has 0 amide bonds. The van der Waals surface area contributed by atoms with E-state index in [-0.39, 0.29) is 6.79 Å². The summed E-state index contributed by atoms with van der Waals surface area (Å²) in [5.74, 6) is 1.47. The van der Waals surface area contributed by atoms with E-state index < -0.39 is 0 Å². The van der Waals surface area contributed by atoms with Crippen molar-refractivity contribution in [3.8, 4) is 5.75 Å². The number of rotatable bonds is 7. The molecule has 6 heteroatoms. The maximum atomic E-state index is 5.74. The summed E-state index contributed by atoms with van der Waals surface area (Å²) in [5.41, 5.74) is 0.884. The molecule has 2 aromatic rings. The van der Waals surface area contributed by atoms with E-state index in [0.717, 1.165) is 23.6 Å². The number of benzene rings is 1. The molecule has 0 aliphatic rings. The van der Waals surface area contributed by atoms with Gasteiger partial charge in [0.15, 0.2) is 12.6 Å². The fourth-order valence-corrected chi connectivity index (χ4v) is 1.90. The van der Waals surface area contributed by atoms with Crippen LogP contribution < -0.4 is 4.74 Å². The third kappa shape index (κ3) is 4.33. The van der Waals surface area contributed by atoms with Gasteiger partial charge in [0.05, 0.1) is 12.2 Å². The summed E-state index contributed by atoms with van der Waals surface area (Å²) in [7, 11) is 3.76. The number of aromatic nitrogens is 2. The van der Waals surface area contributed by atoms with Crippen molar-refractivity contribution >= 4 is 5.84 Å². The van der Waals surface area contributed by atoms with Gasteiger partial charge in [-0.3, -0.25) is 4.57 Å². The van der Waals surface area contributed by atoms with Crippen LogP contribution in [0.4, 0.5) is 0 Å². The molecule has 118 valence electrons. The molecule has 0 N–H and O–H groups in total. The topological polar surface area (TPSA) is 51.9 Å². The Balaban J connectivity index is 2.28. The number of nitrogens with zero attached hydrogens (tertiary/aromatic N) is 4. The summed E-state index contributed by atoms with van der Waals surface area (Å²) in [4.78, 5) is 4.09. The van der Waals surface area contributed by atoms with Gasteiger partial charge in [0.25, 0.3) is 0 Å². The molecule has 0 aliphatic heterocycles. The summed E-state index contributed by atoms with van der Waals surface area (Å²) in [6, 6.07) is 7.77. The van der Waals surface area contributed by atoms with Crippen LogP contribution in [0, 0.1) is 0 Å². The van der Waals surface area contributed by atoms with Gasteiger partial charge in [-0.1, -0.05) is 19.1 Å². The molecule has 0 radical (unpaired) electrons. The zero-order valence-corrected chi connectivity index (χ0v) is 13.3. The number of hydrogen-bond acceptors (Lipinski definition) is 5. The van der Waals surface area contributed by atoms with Crippen LogP contribution >= 0.6 is 0 Å². The van der Waals surface area contributed by atoms with E-state index in [1.54, 1.807) is 17.5 Å². The Kier molecular flexibility index (Phi) is 5.97. The van der Waals surface area contributed by atoms with Crippen LogP contribution in [0.2, 0.25) is 0 Å². The van der Waals surface area contributed by atoms with Crippen molar-refractivity contribution in [3.63, 3.8) is 0 Å². The zero-order chi connectivity index (χ0) is 15.8. The number of para-hydroxylation sites is 1. The molecule has 0 saturated heterocycles. The number of ether oxygens (including phenoxy) is 2. The van der Waals surface area contributed by atoms with Crippen molar-refractivity contribution in [1.82, 2.24) is 14.6 Å². The zero-order valence-electron chi connectivity index (χ0n) is 13.3. The van der Waals surface area contributed by atoms with Gasteiger partial charge in [-0.15, -0.1) is 0 Å². The van der Waals surface area contributed by atoms with Crippen LogP contribution in [0.25, 0.3) is 0 Å². The maximum Gasteiger partial charge on any atom is 0.189 e. The van der Waals surface area contributed by atoms with Crippen molar-refractivity contribution in [2.45, 2.75) is 13.3 Å². The monoisotopic (exact) mass is 302 g/mol. The third-order valence-electron chi connectivity index (χ3n) is 2.82. The standard InChI is InChI=1S/C16H22N4O2/c1-4-11-21-13-22-15-8-6-5-7-14(15)16(18-19(2)3)20-10-9-17-12-20/h5-10,12H,4,11,13H2,1-3H3/b18-16-. The quantitative estimate of drug-likeness (QED) is 0.259. The maximum absolute atomic E-state index is 5.74. The van der Waals surface area contributed by atoms with Crippen molar-refractivity contribution in [2.24, 2.45) is 5.10 Å². The van der Waals surface area contributed by atoms with Crippen molar-refractivity contribution in [3.05, 3.63) is 48.5 Å². The van der Waals surface area contributed by atoms with Crippen LogP contribution in [0.15, 0.2) is 48.1 Å². The highest BCUT2D eigenvalue weighted by Gasteiger charge is 2.13. The lowest BCUT2D eigenvalue weighted by Crippen LogP contribution is -2.18. The van der Waals surface area contributed by atoms with Gasteiger partial charge in [0.2, 0.25) is 0 Å².